The highest BCUT2D eigenvalue weighted by Crippen LogP contribution is 2.21. The Balaban J connectivity index is 0.00000288. The van der Waals surface area contributed by atoms with E-state index < -0.39 is 0 Å². The van der Waals surface area contributed by atoms with E-state index in [9.17, 15) is 9.59 Å². The topological polar surface area (TPSA) is 52.7 Å². The van der Waals surface area contributed by atoms with Gasteiger partial charge in [0.25, 0.3) is 0 Å². The normalized spacial score (nSPS) is 22.7. The molecule has 5 nitrogen and oxygen atoms in total. The number of rotatable bonds is 8. The van der Waals surface area contributed by atoms with Gasteiger partial charge in [0.05, 0.1) is 0 Å². The van der Waals surface area contributed by atoms with Crippen molar-refractivity contribution >= 4 is 24.2 Å². The van der Waals surface area contributed by atoms with Crippen LogP contribution in [-0.2, 0) is 9.59 Å². The van der Waals surface area contributed by atoms with Gasteiger partial charge in [-0.05, 0) is 38.5 Å². The lowest BCUT2D eigenvalue weighted by Crippen LogP contribution is -2.39. The highest BCUT2D eigenvalue weighted by atomic mass is 35.5. The van der Waals surface area contributed by atoms with Crippen LogP contribution in [0.3, 0.4) is 0 Å². The van der Waals surface area contributed by atoms with Crippen molar-refractivity contribution in [1.29, 1.82) is 0 Å². The number of carbonyl (C=O) groups is 2. The molecule has 2 heterocycles. The number of amides is 2. The number of carbonyl (C=O) groups excluding carboxylic acids is 2. The van der Waals surface area contributed by atoms with E-state index in [2.05, 4.69) is 19.2 Å². The van der Waals surface area contributed by atoms with Crippen molar-refractivity contribution in [2.75, 3.05) is 26.2 Å². The van der Waals surface area contributed by atoms with Crippen molar-refractivity contribution in [1.82, 2.24) is 15.1 Å². The van der Waals surface area contributed by atoms with Gasteiger partial charge < -0.3 is 15.1 Å². The van der Waals surface area contributed by atoms with Crippen molar-refractivity contribution in [3.05, 3.63) is 0 Å². The van der Waals surface area contributed by atoms with Gasteiger partial charge in [-0.25, -0.2) is 0 Å². The molecule has 0 aromatic heterocycles. The molecule has 0 radical (unpaired) electrons. The van der Waals surface area contributed by atoms with E-state index in [-0.39, 0.29) is 24.2 Å². The Morgan fingerprint density at radius 3 is 2.38 bits per heavy atom. The van der Waals surface area contributed by atoms with E-state index in [1.807, 2.05) is 9.80 Å². The number of likely N-dealkylation sites (tertiary alicyclic amines) is 1. The average molecular weight is 360 g/mol. The lowest BCUT2D eigenvalue weighted by molar-refractivity contribution is -0.133. The molecule has 0 saturated carbocycles. The summed E-state index contributed by atoms with van der Waals surface area (Å²) in [5.74, 6) is 0.433. The molecule has 2 bridgehead atoms. The summed E-state index contributed by atoms with van der Waals surface area (Å²) < 4.78 is 0. The molecular formula is C18H34ClN3O2. The fourth-order valence-corrected chi connectivity index (χ4v) is 3.78. The van der Waals surface area contributed by atoms with Crippen molar-refractivity contribution in [3.8, 4) is 0 Å². The van der Waals surface area contributed by atoms with Gasteiger partial charge in [0.2, 0.25) is 11.8 Å². The Hall–Kier alpha value is -0.810. The van der Waals surface area contributed by atoms with Crippen LogP contribution in [-0.4, -0.2) is 59.9 Å². The van der Waals surface area contributed by atoms with Gasteiger partial charge in [-0.15, -0.1) is 12.4 Å². The zero-order chi connectivity index (χ0) is 16.7. The summed E-state index contributed by atoms with van der Waals surface area (Å²) in [5, 5.41) is 3.60. The van der Waals surface area contributed by atoms with E-state index in [0.29, 0.717) is 31.3 Å². The van der Waals surface area contributed by atoms with Gasteiger partial charge >= 0.3 is 0 Å². The minimum absolute atomic E-state index is 0. The van der Waals surface area contributed by atoms with Crippen LogP contribution in [0.1, 0.15) is 65.2 Å². The van der Waals surface area contributed by atoms with Gasteiger partial charge in [0.1, 0.15) is 0 Å². The summed E-state index contributed by atoms with van der Waals surface area (Å²) in [6.45, 7) is 7.59. The molecule has 2 amide bonds. The van der Waals surface area contributed by atoms with Crippen LogP contribution in [0, 0.1) is 0 Å². The summed E-state index contributed by atoms with van der Waals surface area (Å²) >= 11 is 0. The molecule has 2 rings (SSSR count). The first-order valence-corrected chi connectivity index (χ1v) is 9.45. The molecule has 2 atom stereocenters. The second-order valence-electron chi connectivity index (χ2n) is 7.00. The lowest BCUT2D eigenvalue weighted by Gasteiger charge is -2.25. The van der Waals surface area contributed by atoms with Gasteiger partial charge in [-0.3, -0.25) is 9.59 Å². The number of hydrogen-bond acceptors (Lipinski definition) is 3. The standard InChI is InChI=1S/C18H33N3O2.ClH/c1-3-11-20(12-4-2)17(22)6-5-7-18(23)21-13-10-15-8-9-16(14-21)19-15;/h15-16,19H,3-14H2,1-2H3;1H. The highest BCUT2D eigenvalue weighted by molar-refractivity contribution is 5.85. The van der Waals surface area contributed by atoms with Crippen molar-refractivity contribution in [2.24, 2.45) is 0 Å². The highest BCUT2D eigenvalue weighted by Gasteiger charge is 2.30. The summed E-state index contributed by atoms with van der Waals surface area (Å²) in [6.07, 6.45) is 7.20. The second-order valence-corrected chi connectivity index (χ2v) is 7.00. The van der Waals surface area contributed by atoms with E-state index in [1.54, 1.807) is 0 Å². The van der Waals surface area contributed by atoms with E-state index in [0.717, 1.165) is 45.4 Å². The summed E-state index contributed by atoms with van der Waals surface area (Å²) in [6, 6.07) is 1.09. The predicted molar refractivity (Wildman–Crippen MR) is 99.4 cm³/mol. The molecular weight excluding hydrogens is 326 g/mol. The van der Waals surface area contributed by atoms with Gasteiger partial charge in [0, 0.05) is 51.1 Å². The smallest absolute Gasteiger partial charge is 0.222 e. The largest absolute Gasteiger partial charge is 0.343 e. The quantitative estimate of drug-likeness (QED) is 0.724. The van der Waals surface area contributed by atoms with Crippen LogP contribution >= 0.6 is 12.4 Å². The Morgan fingerprint density at radius 2 is 1.71 bits per heavy atom. The van der Waals surface area contributed by atoms with Gasteiger partial charge in [-0.1, -0.05) is 13.8 Å². The fraction of sp³-hybridized carbons (Fsp3) is 0.889. The van der Waals surface area contributed by atoms with E-state index in [4.69, 9.17) is 0 Å². The van der Waals surface area contributed by atoms with Crippen molar-refractivity contribution < 1.29 is 9.59 Å². The maximum absolute atomic E-state index is 12.4. The molecule has 2 fully saturated rings. The zero-order valence-electron chi connectivity index (χ0n) is 15.3. The maximum Gasteiger partial charge on any atom is 0.222 e. The first-order valence-electron chi connectivity index (χ1n) is 9.45. The summed E-state index contributed by atoms with van der Waals surface area (Å²) in [4.78, 5) is 28.6. The van der Waals surface area contributed by atoms with Crippen LogP contribution < -0.4 is 5.32 Å². The summed E-state index contributed by atoms with van der Waals surface area (Å²) in [7, 11) is 0. The minimum Gasteiger partial charge on any atom is -0.343 e. The monoisotopic (exact) mass is 359 g/mol. The number of nitrogens with one attached hydrogen (secondary N) is 1. The SMILES string of the molecule is CCCN(CCC)C(=O)CCCC(=O)N1CCC2CCC(C1)N2.Cl. The molecule has 24 heavy (non-hydrogen) atoms. The minimum atomic E-state index is 0. The molecule has 2 aliphatic rings. The molecule has 140 valence electrons. The number of nitrogens with zero attached hydrogens (tertiary/aromatic N) is 2. The maximum atomic E-state index is 12.4. The first-order chi connectivity index (χ1) is 11.1. The van der Waals surface area contributed by atoms with Crippen molar-refractivity contribution in [2.45, 2.75) is 77.3 Å². The molecule has 2 aliphatic heterocycles. The zero-order valence-corrected chi connectivity index (χ0v) is 16.1. The van der Waals surface area contributed by atoms with E-state index >= 15 is 0 Å². The Morgan fingerprint density at radius 1 is 1.04 bits per heavy atom. The van der Waals surface area contributed by atoms with Gasteiger partial charge in [-0.2, -0.15) is 0 Å². The van der Waals surface area contributed by atoms with Crippen molar-refractivity contribution in [3.63, 3.8) is 0 Å². The second kappa shape index (κ2) is 10.9. The Labute approximate surface area is 152 Å². The number of fused-ring (bicyclic) bond motifs is 2. The van der Waals surface area contributed by atoms with Crippen LogP contribution in [0.15, 0.2) is 0 Å². The third kappa shape index (κ3) is 6.25. The van der Waals surface area contributed by atoms with Crippen LogP contribution in [0.2, 0.25) is 0 Å². The molecule has 1 N–H and O–H groups in total. The average Bonchev–Trinajstić information content (AvgIpc) is 2.85. The first kappa shape index (κ1) is 21.2. The number of halogens is 1. The lowest BCUT2D eigenvalue weighted by atomic mass is 10.1. The molecule has 0 spiro atoms. The third-order valence-corrected chi connectivity index (χ3v) is 5.00. The number of hydrogen-bond donors (Lipinski definition) is 1. The van der Waals surface area contributed by atoms with Gasteiger partial charge in [0.15, 0.2) is 0 Å². The third-order valence-electron chi connectivity index (χ3n) is 5.00. The van der Waals surface area contributed by atoms with Crippen LogP contribution in [0.25, 0.3) is 0 Å². The Bertz CT molecular complexity index is 400. The predicted octanol–water partition coefficient (Wildman–Crippen LogP) is 2.58. The fourth-order valence-electron chi connectivity index (χ4n) is 3.78. The molecule has 2 saturated heterocycles. The Kier molecular flexibility index (Phi) is 9.67. The van der Waals surface area contributed by atoms with Crippen LogP contribution in [0.5, 0.6) is 0 Å². The molecule has 6 heteroatoms. The van der Waals surface area contributed by atoms with Crippen LogP contribution in [0.4, 0.5) is 0 Å². The molecule has 2 unspecified atom stereocenters. The molecule has 0 aromatic rings. The van der Waals surface area contributed by atoms with E-state index in [1.165, 1.54) is 12.8 Å². The summed E-state index contributed by atoms with van der Waals surface area (Å²) in [5.41, 5.74) is 0. The molecule has 0 aliphatic carbocycles. The molecule has 0 aromatic carbocycles.